The third-order valence-electron chi connectivity index (χ3n) is 4.11. The van der Waals surface area contributed by atoms with Crippen LogP contribution in [-0.2, 0) is 9.47 Å². The first-order valence-corrected chi connectivity index (χ1v) is 9.51. The monoisotopic (exact) mass is 420 g/mol. The van der Waals surface area contributed by atoms with Crippen LogP contribution in [0.5, 0.6) is 28.7 Å². The number of nitrogens with two attached hydrogens (primary N) is 1. The van der Waals surface area contributed by atoms with E-state index in [0.29, 0.717) is 44.1 Å². The van der Waals surface area contributed by atoms with E-state index >= 15 is 0 Å². The van der Waals surface area contributed by atoms with Gasteiger partial charge in [0.25, 0.3) is 5.91 Å². The van der Waals surface area contributed by atoms with Crippen molar-refractivity contribution in [1.29, 1.82) is 0 Å². The van der Waals surface area contributed by atoms with Crippen LogP contribution in [0.15, 0.2) is 24.3 Å². The molecule has 0 atom stereocenters. The van der Waals surface area contributed by atoms with Crippen molar-refractivity contribution < 1.29 is 34.3 Å². The molecule has 0 radical (unpaired) electrons. The third-order valence-corrected chi connectivity index (χ3v) is 4.11. The highest BCUT2D eigenvalue weighted by Gasteiger charge is 2.17. The zero-order chi connectivity index (χ0) is 22.1. The summed E-state index contributed by atoms with van der Waals surface area (Å²) >= 11 is 0. The molecule has 0 unspecified atom stereocenters. The molecule has 0 aliphatic heterocycles. The van der Waals surface area contributed by atoms with Crippen LogP contribution in [0, 0.1) is 13.8 Å². The number of aromatic hydroxyl groups is 3. The summed E-state index contributed by atoms with van der Waals surface area (Å²) in [7, 11) is 0. The minimum absolute atomic E-state index is 0.0380. The first-order valence-electron chi connectivity index (χ1n) is 9.51. The highest BCUT2D eigenvalue weighted by molar-refractivity contribution is 5.98. The van der Waals surface area contributed by atoms with Crippen molar-refractivity contribution in [2.45, 2.75) is 13.8 Å². The van der Waals surface area contributed by atoms with E-state index in [1.807, 2.05) is 0 Å². The lowest BCUT2D eigenvalue weighted by Crippen LogP contribution is -2.28. The van der Waals surface area contributed by atoms with Crippen molar-refractivity contribution in [3.8, 4) is 28.7 Å². The van der Waals surface area contributed by atoms with Gasteiger partial charge in [-0.25, -0.2) is 0 Å². The van der Waals surface area contributed by atoms with Gasteiger partial charge in [0.2, 0.25) is 5.75 Å². The van der Waals surface area contributed by atoms with Crippen molar-refractivity contribution in [2.75, 3.05) is 39.5 Å². The highest BCUT2D eigenvalue weighted by atomic mass is 16.5. The van der Waals surface area contributed by atoms with Gasteiger partial charge in [-0.05, 0) is 43.2 Å². The summed E-state index contributed by atoms with van der Waals surface area (Å²) in [5.41, 5.74) is 6.59. The van der Waals surface area contributed by atoms with Crippen LogP contribution < -0.4 is 15.8 Å². The lowest BCUT2D eigenvalue weighted by atomic mass is 10.1. The number of hydrogen-bond donors (Lipinski definition) is 5. The molecule has 0 bridgehead atoms. The highest BCUT2D eigenvalue weighted by Crippen LogP contribution is 2.40. The van der Waals surface area contributed by atoms with Gasteiger partial charge in [-0.1, -0.05) is 0 Å². The van der Waals surface area contributed by atoms with Crippen LogP contribution in [-0.4, -0.2) is 60.7 Å². The van der Waals surface area contributed by atoms with Gasteiger partial charge in [0.1, 0.15) is 11.5 Å². The lowest BCUT2D eigenvalue weighted by Gasteiger charge is -2.14. The molecule has 0 saturated carbocycles. The maximum Gasteiger partial charge on any atom is 0.255 e. The van der Waals surface area contributed by atoms with Crippen molar-refractivity contribution >= 4 is 5.91 Å². The quantitative estimate of drug-likeness (QED) is 0.274. The topological polar surface area (TPSA) is 144 Å². The van der Waals surface area contributed by atoms with Crippen LogP contribution in [0.4, 0.5) is 0 Å². The number of carbonyl (C=O) groups excluding carboxylic acids is 1. The predicted molar refractivity (Wildman–Crippen MR) is 110 cm³/mol. The summed E-state index contributed by atoms with van der Waals surface area (Å²) in [6, 6.07) is 5.77. The van der Waals surface area contributed by atoms with Gasteiger partial charge in [0.05, 0.1) is 32.0 Å². The van der Waals surface area contributed by atoms with Gasteiger partial charge in [0, 0.05) is 19.2 Å². The molecule has 0 saturated heterocycles. The van der Waals surface area contributed by atoms with E-state index in [2.05, 4.69) is 5.32 Å². The Morgan fingerprint density at radius 2 is 1.67 bits per heavy atom. The van der Waals surface area contributed by atoms with Gasteiger partial charge in [-0.2, -0.15) is 0 Å². The molecule has 164 valence electrons. The SMILES string of the molecule is Cc1cc(O)c(O)c(Oc2cc(C)c(C(=O)NCCOCCOCCN)c(O)c2)c1. The van der Waals surface area contributed by atoms with Gasteiger partial charge in [-0.15, -0.1) is 0 Å². The molecule has 6 N–H and O–H groups in total. The van der Waals surface area contributed by atoms with E-state index in [1.54, 1.807) is 26.0 Å². The van der Waals surface area contributed by atoms with Crippen LogP contribution in [0.3, 0.4) is 0 Å². The summed E-state index contributed by atoms with van der Waals surface area (Å²) in [5, 5.41) is 32.6. The summed E-state index contributed by atoms with van der Waals surface area (Å²) < 4.78 is 16.1. The second-order valence-electron chi connectivity index (χ2n) is 6.64. The fraction of sp³-hybridized carbons (Fsp3) is 0.381. The van der Waals surface area contributed by atoms with Gasteiger partial charge in [-0.3, -0.25) is 4.79 Å². The molecule has 2 aromatic carbocycles. The Morgan fingerprint density at radius 3 is 2.33 bits per heavy atom. The number of nitrogens with one attached hydrogen (secondary N) is 1. The standard InChI is InChI=1S/C21H28N2O7/c1-13-9-17(25)20(26)18(10-13)30-15-11-14(2)19(16(24)12-15)21(27)23-4-6-29-8-7-28-5-3-22/h9-12,24-26H,3-8,22H2,1-2H3,(H,23,27). The molecule has 0 aromatic heterocycles. The second-order valence-corrected chi connectivity index (χ2v) is 6.64. The van der Waals surface area contributed by atoms with Gasteiger partial charge >= 0.3 is 0 Å². The van der Waals surface area contributed by atoms with Crippen LogP contribution in [0.25, 0.3) is 0 Å². The predicted octanol–water partition coefficient (Wildman–Crippen LogP) is 1.93. The number of phenolic OH excluding ortho intramolecular Hbond substituents is 3. The number of hydrogen-bond acceptors (Lipinski definition) is 8. The molecule has 30 heavy (non-hydrogen) atoms. The number of benzene rings is 2. The van der Waals surface area contributed by atoms with E-state index in [1.165, 1.54) is 12.1 Å². The van der Waals surface area contributed by atoms with Gasteiger partial charge < -0.3 is 40.6 Å². The number of phenols is 3. The van der Waals surface area contributed by atoms with Crippen molar-refractivity contribution in [3.05, 3.63) is 41.0 Å². The average Bonchev–Trinajstić information content (AvgIpc) is 2.67. The molecule has 9 nitrogen and oxygen atoms in total. The Bertz CT molecular complexity index is 848. The zero-order valence-electron chi connectivity index (χ0n) is 17.1. The molecule has 0 fully saturated rings. The van der Waals surface area contributed by atoms with E-state index in [4.69, 9.17) is 19.9 Å². The summed E-state index contributed by atoms with van der Waals surface area (Å²) in [6.45, 7) is 5.71. The fourth-order valence-corrected chi connectivity index (χ4v) is 2.75. The van der Waals surface area contributed by atoms with E-state index in [-0.39, 0.29) is 35.1 Å². The molecule has 0 aliphatic rings. The maximum absolute atomic E-state index is 12.4. The second kappa shape index (κ2) is 11.2. The summed E-state index contributed by atoms with van der Waals surface area (Å²) in [4.78, 5) is 12.4. The number of amides is 1. The number of rotatable bonds is 11. The summed E-state index contributed by atoms with van der Waals surface area (Å²) in [6.07, 6.45) is 0. The molecular formula is C21H28N2O7. The molecule has 0 aliphatic carbocycles. The molecule has 1 amide bonds. The minimum atomic E-state index is -0.449. The Hall–Kier alpha value is -3.01. The largest absolute Gasteiger partial charge is 0.507 e. The smallest absolute Gasteiger partial charge is 0.255 e. The van der Waals surface area contributed by atoms with Crippen LogP contribution in [0.2, 0.25) is 0 Å². The normalized spacial score (nSPS) is 10.8. The number of carbonyl (C=O) groups is 1. The molecule has 2 rings (SSSR count). The zero-order valence-corrected chi connectivity index (χ0v) is 17.1. The van der Waals surface area contributed by atoms with E-state index in [0.717, 1.165) is 0 Å². The molecule has 2 aromatic rings. The number of ether oxygens (including phenoxy) is 3. The summed E-state index contributed by atoms with van der Waals surface area (Å²) in [5.74, 6) is -1.19. The fourth-order valence-electron chi connectivity index (χ4n) is 2.75. The third kappa shape index (κ3) is 6.51. The van der Waals surface area contributed by atoms with Crippen molar-refractivity contribution in [3.63, 3.8) is 0 Å². The minimum Gasteiger partial charge on any atom is -0.507 e. The lowest BCUT2D eigenvalue weighted by molar-refractivity contribution is 0.0511. The Labute approximate surface area is 175 Å². The Morgan fingerprint density at radius 1 is 0.967 bits per heavy atom. The van der Waals surface area contributed by atoms with Crippen molar-refractivity contribution in [1.82, 2.24) is 5.32 Å². The number of aryl methyl sites for hydroxylation is 2. The van der Waals surface area contributed by atoms with Crippen LogP contribution in [0.1, 0.15) is 21.5 Å². The Balaban J connectivity index is 1.95. The van der Waals surface area contributed by atoms with E-state index < -0.39 is 11.7 Å². The molecule has 9 heteroatoms. The van der Waals surface area contributed by atoms with Crippen molar-refractivity contribution in [2.24, 2.45) is 5.73 Å². The molecule has 0 heterocycles. The average molecular weight is 420 g/mol. The first kappa shape index (κ1) is 23.3. The first-order chi connectivity index (χ1) is 14.3. The molecule has 0 spiro atoms. The molecular weight excluding hydrogens is 392 g/mol. The maximum atomic E-state index is 12.4. The van der Waals surface area contributed by atoms with Crippen LogP contribution >= 0.6 is 0 Å². The van der Waals surface area contributed by atoms with Gasteiger partial charge in [0.15, 0.2) is 11.5 Å². The Kier molecular flexibility index (Phi) is 8.72. The van der Waals surface area contributed by atoms with E-state index in [9.17, 15) is 20.1 Å².